The highest BCUT2D eigenvalue weighted by Crippen LogP contribution is 2.33. The molecule has 0 spiro atoms. The number of carbonyl (C=O) groups is 1. The van der Waals surface area contributed by atoms with E-state index in [-0.39, 0.29) is 27.9 Å². The quantitative estimate of drug-likeness (QED) is 0.566. The first-order chi connectivity index (χ1) is 13.2. The second kappa shape index (κ2) is 8.24. The summed E-state index contributed by atoms with van der Waals surface area (Å²) in [6.45, 7) is 0. The third kappa shape index (κ3) is 4.85. The largest absolute Gasteiger partial charge is 0.507 e. The number of thioether (sulfide) groups is 1. The zero-order valence-corrected chi connectivity index (χ0v) is 15.6. The number of halogens is 4. The van der Waals surface area contributed by atoms with Crippen molar-refractivity contribution in [3.8, 4) is 5.75 Å². The number of carbonyl (C=O) groups excluding carboxylic acids is 1. The van der Waals surface area contributed by atoms with Gasteiger partial charge in [0.2, 0.25) is 5.91 Å². The fraction of sp³-hybridized carbons (Fsp3) is 0.167. The number of hydrogen-bond acceptors (Lipinski definition) is 5. The van der Waals surface area contributed by atoms with Crippen molar-refractivity contribution in [2.75, 3.05) is 0 Å². The second-order valence-corrected chi connectivity index (χ2v) is 7.41. The molecule has 28 heavy (non-hydrogen) atoms. The Morgan fingerprint density at radius 1 is 1.25 bits per heavy atom. The van der Waals surface area contributed by atoms with Crippen molar-refractivity contribution in [2.45, 2.75) is 17.8 Å². The normalized spacial score (nSPS) is 18.8. The summed E-state index contributed by atoms with van der Waals surface area (Å²) in [7, 11) is 0. The Morgan fingerprint density at radius 2 is 2.00 bits per heavy atom. The number of rotatable bonds is 4. The van der Waals surface area contributed by atoms with E-state index in [1.807, 2.05) is 0 Å². The zero-order chi connectivity index (χ0) is 20.3. The Balaban J connectivity index is 1.71. The minimum atomic E-state index is -4.49. The van der Waals surface area contributed by atoms with Crippen LogP contribution in [0.1, 0.15) is 16.7 Å². The molecule has 1 fully saturated rings. The van der Waals surface area contributed by atoms with Gasteiger partial charge in [0.25, 0.3) is 0 Å². The van der Waals surface area contributed by atoms with Crippen LogP contribution >= 0.6 is 23.4 Å². The molecular formula is C18H13ClF3N3O2S. The molecule has 1 unspecified atom stereocenters. The first kappa shape index (κ1) is 20.2. The van der Waals surface area contributed by atoms with Crippen LogP contribution in [0.3, 0.4) is 0 Å². The maximum Gasteiger partial charge on any atom is 0.416 e. The molecular weight excluding hydrogens is 415 g/mol. The van der Waals surface area contributed by atoms with Gasteiger partial charge < -0.3 is 10.4 Å². The molecule has 1 heterocycles. The van der Waals surface area contributed by atoms with Gasteiger partial charge in [0.1, 0.15) is 5.75 Å². The number of aromatic hydroxyl groups is 1. The Labute approximate surface area is 167 Å². The first-order valence-electron chi connectivity index (χ1n) is 7.96. The minimum absolute atomic E-state index is 0.0153. The van der Waals surface area contributed by atoms with Crippen LogP contribution in [0, 0.1) is 0 Å². The third-order valence-corrected chi connectivity index (χ3v) is 5.28. The average molecular weight is 428 g/mol. The summed E-state index contributed by atoms with van der Waals surface area (Å²) in [4.78, 5) is 12.1. The Morgan fingerprint density at radius 3 is 2.71 bits per heavy atom. The van der Waals surface area contributed by atoms with Crippen molar-refractivity contribution in [3.63, 3.8) is 0 Å². The van der Waals surface area contributed by atoms with Crippen LogP contribution in [0.15, 0.2) is 52.7 Å². The molecule has 1 atom stereocenters. The number of para-hydroxylation sites is 1. The van der Waals surface area contributed by atoms with Gasteiger partial charge in [-0.15, -0.1) is 5.10 Å². The molecule has 0 aromatic heterocycles. The summed E-state index contributed by atoms with van der Waals surface area (Å²) in [5, 5.41) is 19.6. The molecule has 0 saturated carbocycles. The van der Waals surface area contributed by atoms with E-state index >= 15 is 0 Å². The SMILES string of the molecule is O=C1NC(=NN=Cc2ccccc2O)SC1Cc1cc(C(F)(F)F)ccc1Cl. The number of benzene rings is 2. The summed E-state index contributed by atoms with van der Waals surface area (Å²) in [5.74, 6) is -0.360. The van der Waals surface area contributed by atoms with E-state index in [1.165, 1.54) is 18.3 Å². The topological polar surface area (TPSA) is 74.0 Å². The predicted octanol–water partition coefficient (Wildman–Crippen LogP) is 4.23. The minimum Gasteiger partial charge on any atom is -0.507 e. The first-order valence-corrected chi connectivity index (χ1v) is 9.22. The van der Waals surface area contributed by atoms with Crippen LogP contribution in [-0.4, -0.2) is 27.6 Å². The predicted molar refractivity (Wildman–Crippen MR) is 103 cm³/mol. The maximum atomic E-state index is 12.9. The average Bonchev–Trinajstić information content (AvgIpc) is 2.97. The highest BCUT2D eigenvalue weighted by molar-refractivity contribution is 8.15. The van der Waals surface area contributed by atoms with E-state index in [1.54, 1.807) is 18.2 Å². The summed E-state index contributed by atoms with van der Waals surface area (Å²) in [6, 6.07) is 9.52. The molecule has 1 amide bonds. The van der Waals surface area contributed by atoms with Gasteiger partial charge in [-0.2, -0.15) is 18.3 Å². The van der Waals surface area contributed by atoms with Gasteiger partial charge in [0.15, 0.2) is 5.17 Å². The van der Waals surface area contributed by atoms with E-state index in [9.17, 15) is 23.1 Å². The third-order valence-electron chi connectivity index (χ3n) is 3.84. The Kier molecular flexibility index (Phi) is 5.95. The number of alkyl halides is 3. The fourth-order valence-electron chi connectivity index (χ4n) is 2.43. The van der Waals surface area contributed by atoms with Gasteiger partial charge in [-0.05, 0) is 42.3 Å². The number of phenolic OH excluding ortho intramolecular Hbond substituents is 1. The van der Waals surface area contributed by atoms with Crippen LogP contribution < -0.4 is 5.32 Å². The number of nitrogens with zero attached hydrogens (tertiary/aromatic N) is 2. The van der Waals surface area contributed by atoms with Crippen molar-refractivity contribution in [1.29, 1.82) is 0 Å². The van der Waals surface area contributed by atoms with E-state index < -0.39 is 22.9 Å². The van der Waals surface area contributed by atoms with Gasteiger partial charge >= 0.3 is 6.18 Å². The molecule has 1 aliphatic rings. The van der Waals surface area contributed by atoms with Crippen molar-refractivity contribution in [1.82, 2.24) is 5.32 Å². The molecule has 2 N–H and O–H groups in total. The van der Waals surface area contributed by atoms with Crippen molar-refractivity contribution in [3.05, 3.63) is 64.2 Å². The number of hydrogen-bond donors (Lipinski definition) is 2. The van der Waals surface area contributed by atoms with E-state index in [0.29, 0.717) is 5.56 Å². The van der Waals surface area contributed by atoms with E-state index in [2.05, 4.69) is 15.5 Å². The lowest BCUT2D eigenvalue weighted by Gasteiger charge is -2.12. The highest BCUT2D eigenvalue weighted by Gasteiger charge is 2.34. The van der Waals surface area contributed by atoms with Crippen molar-refractivity contribution >= 4 is 40.7 Å². The number of phenols is 1. The molecule has 146 valence electrons. The summed E-state index contributed by atoms with van der Waals surface area (Å²) in [5.41, 5.74) is -0.145. The second-order valence-electron chi connectivity index (χ2n) is 5.81. The molecule has 2 aromatic carbocycles. The lowest BCUT2D eigenvalue weighted by atomic mass is 10.1. The number of amidine groups is 1. The summed E-state index contributed by atoms with van der Waals surface area (Å²) in [6.07, 6.45) is -3.15. The molecule has 1 aliphatic heterocycles. The van der Waals surface area contributed by atoms with Gasteiger partial charge in [-0.1, -0.05) is 35.5 Å². The highest BCUT2D eigenvalue weighted by atomic mass is 35.5. The van der Waals surface area contributed by atoms with Crippen LogP contribution in [0.25, 0.3) is 0 Å². The molecule has 0 radical (unpaired) electrons. The smallest absolute Gasteiger partial charge is 0.416 e. The van der Waals surface area contributed by atoms with Crippen LogP contribution in [-0.2, 0) is 17.4 Å². The summed E-state index contributed by atoms with van der Waals surface area (Å²) >= 11 is 7.04. The van der Waals surface area contributed by atoms with Crippen molar-refractivity contribution < 1.29 is 23.1 Å². The van der Waals surface area contributed by atoms with Crippen LogP contribution in [0.4, 0.5) is 13.2 Å². The standard InChI is InChI=1S/C18H13ClF3N3O2S/c19-13-6-5-12(18(20,21)22)7-11(13)8-15-16(27)24-17(28-15)25-23-9-10-3-1-2-4-14(10)26/h1-7,9,15,26H,8H2,(H,24,25,27). The molecule has 2 aromatic rings. The lowest BCUT2D eigenvalue weighted by molar-refractivity contribution is -0.137. The maximum absolute atomic E-state index is 12.9. The van der Waals surface area contributed by atoms with E-state index in [4.69, 9.17) is 11.6 Å². The monoisotopic (exact) mass is 427 g/mol. The molecule has 3 rings (SSSR count). The van der Waals surface area contributed by atoms with Gasteiger partial charge in [0.05, 0.1) is 17.0 Å². The molecule has 0 aliphatic carbocycles. The fourth-order valence-corrected chi connectivity index (χ4v) is 3.58. The lowest BCUT2D eigenvalue weighted by Crippen LogP contribution is -2.26. The number of amides is 1. The van der Waals surface area contributed by atoms with Crippen LogP contribution in [0.2, 0.25) is 5.02 Å². The molecule has 5 nitrogen and oxygen atoms in total. The van der Waals surface area contributed by atoms with Gasteiger partial charge in [-0.3, -0.25) is 4.79 Å². The van der Waals surface area contributed by atoms with E-state index in [0.717, 1.165) is 23.9 Å². The van der Waals surface area contributed by atoms with Gasteiger partial charge in [-0.25, -0.2) is 0 Å². The van der Waals surface area contributed by atoms with Crippen LogP contribution in [0.5, 0.6) is 5.75 Å². The van der Waals surface area contributed by atoms with Gasteiger partial charge in [0, 0.05) is 10.6 Å². The zero-order valence-electron chi connectivity index (χ0n) is 14.1. The van der Waals surface area contributed by atoms with Crippen molar-refractivity contribution in [2.24, 2.45) is 10.2 Å². The molecule has 10 heteroatoms. The summed E-state index contributed by atoms with van der Waals surface area (Å²) < 4.78 is 38.6. The number of nitrogens with one attached hydrogen (secondary N) is 1. The Hall–Kier alpha value is -2.52. The molecule has 0 bridgehead atoms. The Bertz CT molecular complexity index is 963. The molecule has 1 saturated heterocycles.